The van der Waals surface area contributed by atoms with Gasteiger partial charge in [-0.2, -0.15) is 0 Å². The SMILES string of the molecule is Cc1cccc(C(=O)NCC[C@H]2CCCN2)n1. The summed E-state index contributed by atoms with van der Waals surface area (Å²) in [5.74, 6) is -0.0771. The van der Waals surface area contributed by atoms with E-state index in [0.29, 0.717) is 18.3 Å². The molecule has 4 nitrogen and oxygen atoms in total. The maximum atomic E-state index is 11.8. The van der Waals surface area contributed by atoms with Crippen molar-refractivity contribution in [2.75, 3.05) is 13.1 Å². The van der Waals surface area contributed by atoms with Crippen LogP contribution in [0.5, 0.6) is 0 Å². The van der Waals surface area contributed by atoms with Crippen molar-refractivity contribution in [3.05, 3.63) is 29.6 Å². The fraction of sp³-hybridized carbons (Fsp3) is 0.538. The number of aromatic nitrogens is 1. The summed E-state index contributed by atoms with van der Waals surface area (Å²) < 4.78 is 0. The van der Waals surface area contributed by atoms with E-state index in [1.807, 2.05) is 19.1 Å². The third-order valence-corrected chi connectivity index (χ3v) is 3.06. The van der Waals surface area contributed by atoms with Gasteiger partial charge in [0, 0.05) is 18.3 Å². The molecule has 4 heteroatoms. The van der Waals surface area contributed by atoms with E-state index in [4.69, 9.17) is 0 Å². The Morgan fingerprint density at radius 3 is 3.18 bits per heavy atom. The standard InChI is InChI=1S/C13H19N3O/c1-10-4-2-6-12(16-10)13(17)15-9-7-11-5-3-8-14-11/h2,4,6,11,14H,3,5,7-9H2,1H3,(H,15,17)/t11-/m1/s1. The number of carbonyl (C=O) groups excluding carboxylic acids is 1. The number of pyridine rings is 1. The van der Waals surface area contributed by atoms with Gasteiger partial charge in [-0.05, 0) is 44.9 Å². The van der Waals surface area contributed by atoms with Crippen molar-refractivity contribution in [2.45, 2.75) is 32.2 Å². The van der Waals surface area contributed by atoms with Crippen LogP contribution in [-0.4, -0.2) is 30.0 Å². The molecule has 17 heavy (non-hydrogen) atoms. The molecule has 0 aromatic carbocycles. The van der Waals surface area contributed by atoms with Crippen LogP contribution in [0.25, 0.3) is 0 Å². The predicted octanol–water partition coefficient (Wildman–Crippen LogP) is 1.26. The molecule has 1 amide bonds. The Balaban J connectivity index is 1.77. The summed E-state index contributed by atoms with van der Waals surface area (Å²) in [4.78, 5) is 16.0. The molecule has 92 valence electrons. The van der Waals surface area contributed by atoms with Gasteiger partial charge in [0.05, 0.1) is 0 Å². The average Bonchev–Trinajstić information content (AvgIpc) is 2.82. The molecule has 1 fully saturated rings. The van der Waals surface area contributed by atoms with E-state index >= 15 is 0 Å². The van der Waals surface area contributed by atoms with E-state index in [9.17, 15) is 4.79 Å². The van der Waals surface area contributed by atoms with Gasteiger partial charge in [-0.25, -0.2) is 4.98 Å². The summed E-state index contributed by atoms with van der Waals surface area (Å²) in [7, 11) is 0. The molecule has 0 spiro atoms. The molecule has 1 aromatic rings. The fourth-order valence-corrected chi connectivity index (χ4v) is 2.12. The number of hydrogen-bond donors (Lipinski definition) is 2. The smallest absolute Gasteiger partial charge is 0.269 e. The molecule has 0 unspecified atom stereocenters. The molecule has 2 heterocycles. The first-order valence-corrected chi connectivity index (χ1v) is 6.21. The average molecular weight is 233 g/mol. The van der Waals surface area contributed by atoms with Gasteiger partial charge in [-0.3, -0.25) is 4.79 Å². The minimum absolute atomic E-state index is 0.0771. The van der Waals surface area contributed by atoms with Gasteiger partial charge in [0.2, 0.25) is 0 Å². The van der Waals surface area contributed by atoms with Gasteiger partial charge in [-0.1, -0.05) is 6.07 Å². The topological polar surface area (TPSA) is 54.0 Å². The molecule has 0 radical (unpaired) electrons. The summed E-state index contributed by atoms with van der Waals surface area (Å²) in [6, 6.07) is 6.06. The molecular weight excluding hydrogens is 214 g/mol. The van der Waals surface area contributed by atoms with Crippen LogP contribution in [0.2, 0.25) is 0 Å². The number of amides is 1. The third kappa shape index (κ3) is 3.53. The Kier molecular flexibility index (Phi) is 4.09. The highest BCUT2D eigenvalue weighted by molar-refractivity contribution is 5.92. The summed E-state index contributed by atoms with van der Waals surface area (Å²) in [6.07, 6.45) is 3.47. The lowest BCUT2D eigenvalue weighted by atomic mass is 10.1. The quantitative estimate of drug-likeness (QED) is 0.823. The van der Waals surface area contributed by atoms with Gasteiger partial charge in [0.15, 0.2) is 0 Å². The second-order valence-corrected chi connectivity index (χ2v) is 4.50. The van der Waals surface area contributed by atoms with Crippen molar-refractivity contribution < 1.29 is 4.79 Å². The molecule has 1 aliphatic rings. The van der Waals surface area contributed by atoms with E-state index in [1.165, 1.54) is 12.8 Å². The highest BCUT2D eigenvalue weighted by Crippen LogP contribution is 2.07. The molecule has 0 aliphatic carbocycles. The van der Waals surface area contributed by atoms with E-state index in [1.54, 1.807) is 6.07 Å². The van der Waals surface area contributed by atoms with Gasteiger partial charge >= 0.3 is 0 Å². The van der Waals surface area contributed by atoms with E-state index in [-0.39, 0.29) is 5.91 Å². The first kappa shape index (κ1) is 12.0. The molecular formula is C13H19N3O. The van der Waals surface area contributed by atoms with Gasteiger partial charge in [0.1, 0.15) is 5.69 Å². The molecule has 1 saturated heterocycles. The Hall–Kier alpha value is -1.42. The molecule has 0 bridgehead atoms. The summed E-state index contributed by atoms with van der Waals surface area (Å²) in [5.41, 5.74) is 1.37. The largest absolute Gasteiger partial charge is 0.351 e. The Morgan fingerprint density at radius 2 is 2.47 bits per heavy atom. The lowest BCUT2D eigenvalue weighted by molar-refractivity contribution is 0.0947. The normalized spacial score (nSPS) is 19.2. The van der Waals surface area contributed by atoms with Crippen LogP contribution in [0.1, 0.15) is 35.4 Å². The Morgan fingerprint density at radius 1 is 1.59 bits per heavy atom. The number of carbonyl (C=O) groups is 1. The van der Waals surface area contributed by atoms with Crippen LogP contribution in [0.3, 0.4) is 0 Å². The zero-order chi connectivity index (χ0) is 12.1. The highest BCUT2D eigenvalue weighted by Gasteiger charge is 2.14. The van der Waals surface area contributed by atoms with E-state index < -0.39 is 0 Å². The van der Waals surface area contributed by atoms with Gasteiger partial charge in [0.25, 0.3) is 5.91 Å². The highest BCUT2D eigenvalue weighted by atomic mass is 16.1. The van der Waals surface area contributed by atoms with Crippen molar-refractivity contribution in [1.82, 2.24) is 15.6 Å². The second-order valence-electron chi connectivity index (χ2n) is 4.50. The number of rotatable bonds is 4. The van der Waals surface area contributed by atoms with Crippen LogP contribution in [-0.2, 0) is 0 Å². The summed E-state index contributed by atoms with van der Waals surface area (Å²) in [5, 5.41) is 6.32. The van der Waals surface area contributed by atoms with Crippen LogP contribution in [0.4, 0.5) is 0 Å². The molecule has 2 rings (SSSR count). The van der Waals surface area contributed by atoms with Crippen molar-refractivity contribution in [1.29, 1.82) is 0 Å². The van der Waals surface area contributed by atoms with E-state index in [2.05, 4.69) is 15.6 Å². The van der Waals surface area contributed by atoms with Crippen LogP contribution >= 0.6 is 0 Å². The zero-order valence-corrected chi connectivity index (χ0v) is 10.2. The maximum absolute atomic E-state index is 11.8. The zero-order valence-electron chi connectivity index (χ0n) is 10.2. The van der Waals surface area contributed by atoms with E-state index in [0.717, 1.165) is 18.7 Å². The minimum atomic E-state index is -0.0771. The second kappa shape index (κ2) is 5.77. The van der Waals surface area contributed by atoms with Crippen molar-refractivity contribution in [2.24, 2.45) is 0 Å². The van der Waals surface area contributed by atoms with Crippen molar-refractivity contribution >= 4 is 5.91 Å². The van der Waals surface area contributed by atoms with Crippen molar-refractivity contribution in [3.8, 4) is 0 Å². The van der Waals surface area contributed by atoms with Gasteiger partial charge < -0.3 is 10.6 Å². The predicted molar refractivity (Wildman–Crippen MR) is 66.9 cm³/mol. The summed E-state index contributed by atoms with van der Waals surface area (Å²) >= 11 is 0. The first-order valence-electron chi connectivity index (χ1n) is 6.21. The maximum Gasteiger partial charge on any atom is 0.269 e. The molecule has 1 aromatic heterocycles. The van der Waals surface area contributed by atoms with Crippen LogP contribution < -0.4 is 10.6 Å². The Labute approximate surface area is 102 Å². The van der Waals surface area contributed by atoms with Crippen LogP contribution in [0.15, 0.2) is 18.2 Å². The fourth-order valence-electron chi connectivity index (χ4n) is 2.12. The molecule has 1 aliphatic heterocycles. The molecule has 1 atom stereocenters. The lowest BCUT2D eigenvalue weighted by Gasteiger charge is -2.10. The minimum Gasteiger partial charge on any atom is -0.351 e. The van der Waals surface area contributed by atoms with Gasteiger partial charge in [-0.15, -0.1) is 0 Å². The number of nitrogens with one attached hydrogen (secondary N) is 2. The third-order valence-electron chi connectivity index (χ3n) is 3.06. The number of hydrogen-bond acceptors (Lipinski definition) is 3. The number of nitrogens with zero attached hydrogens (tertiary/aromatic N) is 1. The van der Waals surface area contributed by atoms with Crippen molar-refractivity contribution in [3.63, 3.8) is 0 Å². The lowest BCUT2D eigenvalue weighted by Crippen LogP contribution is -2.31. The molecule has 0 saturated carbocycles. The monoisotopic (exact) mass is 233 g/mol. The molecule has 2 N–H and O–H groups in total. The number of aryl methyl sites for hydroxylation is 1. The van der Waals surface area contributed by atoms with Crippen LogP contribution in [0, 0.1) is 6.92 Å². The Bertz CT molecular complexity index is 386. The first-order chi connectivity index (χ1) is 8.25. The summed E-state index contributed by atoms with van der Waals surface area (Å²) in [6.45, 7) is 3.71.